The molecule has 15 heavy (non-hydrogen) atoms. The van der Waals surface area contributed by atoms with Crippen molar-refractivity contribution < 1.29 is 4.79 Å². The molecule has 2 rings (SSSR count). The van der Waals surface area contributed by atoms with Gasteiger partial charge in [-0.1, -0.05) is 25.4 Å². The Morgan fingerprint density at radius 3 is 2.80 bits per heavy atom. The number of hydrogen-bond donors (Lipinski definition) is 0. The van der Waals surface area contributed by atoms with Crippen molar-refractivity contribution in [2.45, 2.75) is 19.8 Å². The SMILES string of the molecule is CC(C)c1ncn2c(C=O)cc(Cl)cc12. The molecule has 0 fully saturated rings. The van der Waals surface area contributed by atoms with Crippen LogP contribution in [0.2, 0.25) is 5.02 Å². The Bertz CT molecular complexity index is 517. The van der Waals surface area contributed by atoms with Crippen LogP contribution in [0.15, 0.2) is 18.5 Å². The van der Waals surface area contributed by atoms with E-state index in [2.05, 4.69) is 18.8 Å². The average molecular weight is 223 g/mol. The van der Waals surface area contributed by atoms with Crippen LogP contribution in [0.5, 0.6) is 0 Å². The maximum Gasteiger partial charge on any atom is 0.166 e. The summed E-state index contributed by atoms with van der Waals surface area (Å²) in [6.07, 6.45) is 2.44. The van der Waals surface area contributed by atoms with Gasteiger partial charge in [-0.05, 0) is 18.1 Å². The number of aldehydes is 1. The Hall–Kier alpha value is -1.35. The van der Waals surface area contributed by atoms with E-state index in [1.165, 1.54) is 0 Å². The lowest BCUT2D eigenvalue weighted by atomic mass is 10.1. The van der Waals surface area contributed by atoms with Gasteiger partial charge >= 0.3 is 0 Å². The molecule has 2 heterocycles. The number of hydrogen-bond acceptors (Lipinski definition) is 2. The van der Waals surface area contributed by atoms with Crippen molar-refractivity contribution >= 4 is 23.4 Å². The normalized spacial score (nSPS) is 11.2. The number of rotatable bonds is 2. The summed E-state index contributed by atoms with van der Waals surface area (Å²) < 4.78 is 1.76. The zero-order valence-electron chi connectivity index (χ0n) is 8.57. The smallest absolute Gasteiger partial charge is 0.166 e. The number of aromatic nitrogens is 2. The largest absolute Gasteiger partial charge is 0.296 e. The summed E-state index contributed by atoms with van der Waals surface area (Å²) in [7, 11) is 0. The zero-order chi connectivity index (χ0) is 11.0. The Labute approximate surface area is 92.7 Å². The van der Waals surface area contributed by atoms with Crippen LogP contribution < -0.4 is 0 Å². The maximum atomic E-state index is 10.8. The fourth-order valence-corrected chi connectivity index (χ4v) is 1.85. The molecule has 3 nitrogen and oxygen atoms in total. The topological polar surface area (TPSA) is 34.4 Å². The van der Waals surface area contributed by atoms with Crippen molar-refractivity contribution in [3.8, 4) is 0 Å². The van der Waals surface area contributed by atoms with Gasteiger partial charge in [-0.3, -0.25) is 9.20 Å². The highest BCUT2D eigenvalue weighted by Gasteiger charge is 2.11. The first kappa shape index (κ1) is 10.2. The van der Waals surface area contributed by atoms with Crippen molar-refractivity contribution in [2.24, 2.45) is 0 Å². The van der Waals surface area contributed by atoms with E-state index in [0.717, 1.165) is 17.5 Å². The summed E-state index contributed by atoms with van der Waals surface area (Å²) in [5, 5.41) is 0.562. The van der Waals surface area contributed by atoms with Gasteiger partial charge in [-0.15, -0.1) is 0 Å². The molecule has 0 atom stereocenters. The molecular formula is C11H11ClN2O. The molecule has 0 radical (unpaired) electrons. The molecule has 2 aromatic heterocycles. The minimum Gasteiger partial charge on any atom is -0.296 e. The predicted molar refractivity (Wildman–Crippen MR) is 59.7 cm³/mol. The molecule has 0 saturated carbocycles. The Kier molecular flexibility index (Phi) is 2.49. The lowest BCUT2D eigenvalue weighted by Crippen LogP contribution is -1.95. The second kappa shape index (κ2) is 3.66. The van der Waals surface area contributed by atoms with Crippen LogP contribution in [0.1, 0.15) is 35.9 Å². The molecule has 78 valence electrons. The van der Waals surface area contributed by atoms with Gasteiger partial charge in [0.1, 0.15) is 6.33 Å². The number of imidazole rings is 1. The van der Waals surface area contributed by atoms with Crippen molar-refractivity contribution in [1.29, 1.82) is 0 Å². The third kappa shape index (κ3) is 1.63. The molecule has 0 aliphatic heterocycles. The molecule has 0 bridgehead atoms. The monoisotopic (exact) mass is 222 g/mol. The second-order valence-corrected chi connectivity index (χ2v) is 4.19. The highest BCUT2D eigenvalue weighted by molar-refractivity contribution is 6.31. The number of halogens is 1. The number of carbonyl (C=O) groups is 1. The molecule has 0 unspecified atom stereocenters. The quantitative estimate of drug-likeness (QED) is 0.733. The fraction of sp³-hybridized carbons (Fsp3) is 0.273. The Morgan fingerprint density at radius 1 is 1.47 bits per heavy atom. The van der Waals surface area contributed by atoms with Gasteiger partial charge < -0.3 is 0 Å². The van der Waals surface area contributed by atoms with Gasteiger partial charge in [0, 0.05) is 5.02 Å². The van der Waals surface area contributed by atoms with Gasteiger partial charge in [-0.2, -0.15) is 0 Å². The van der Waals surface area contributed by atoms with Crippen LogP contribution in [0.4, 0.5) is 0 Å². The molecule has 0 aliphatic rings. The summed E-state index contributed by atoms with van der Waals surface area (Å²) in [6.45, 7) is 4.12. The molecular weight excluding hydrogens is 212 g/mol. The van der Waals surface area contributed by atoms with E-state index in [1.807, 2.05) is 6.07 Å². The van der Waals surface area contributed by atoms with Crippen LogP contribution in [0.25, 0.3) is 5.52 Å². The van der Waals surface area contributed by atoms with Gasteiger partial charge in [0.2, 0.25) is 0 Å². The van der Waals surface area contributed by atoms with E-state index in [-0.39, 0.29) is 0 Å². The summed E-state index contributed by atoms with van der Waals surface area (Å²) in [5.74, 6) is 0.313. The Balaban J connectivity index is 2.80. The highest BCUT2D eigenvalue weighted by atomic mass is 35.5. The van der Waals surface area contributed by atoms with Crippen molar-refractivity contribution in [3.63, 3.8) is 0 Å². The van der Waals surface area contributed by atoms with Crippen LogP contribution in [-0.4, -0.2) is 15.7 Å². The zero-order valence-corrected chi connectivity index (χ0v) is 9.32. The van der Waals surface area contributed by atoms with Crippen molar-refractivity contribution in [3.05, 3.63) is 34.9 Å². The van der Waals surface area contributed by atoms with Gasteiger partial charge in [0.05, 0.1) is 16.9 Å². The van der Waals surface area contributed by atoms with E-state index < -0.39 is 0 Å². The minimum atomic E-state index is 0.313. The summed E-state index contributed by atoms with van der Waals surface area (Å²) >= 11 is 5.94. The summed E-state index contributed by atoms with van der Waals surface area (Å²) in [6, 6.07) is 3.46. The number of pyridine rings is 1. The first-order chi connectivity index (χ1) is 7.13. The standard InChI is InChI=1S/C11H11ClN2O/c1-7(2)11-10-4-8(12)3-9(5-15)14(10)6-13-11/h3-7H,1-2H3. The molecule has 0 aliphatic carbocycles. The molecule has 0 amide bonds. The van der Waals surface area contributed by atoms with E-state index in [0.29, 0.717) is 16.6 Å². The van der Waals surface area contributed by atoms with Crippen LogP contribution in [-0.2, 0) is 0 Å². The number of nitrogens with zero attached hydrogens (tertiary/aromatic N) is 2. The third-order valence-corrected chi connectivity index (χ3v) is 2.56. The average Bonchev–Trinajstić information content (AvgIpc) is 2.59. The second-order valence-electron chi connectivity index (χ2n) is 3.76. The van der Waals surface area contributed by atoms with Crippen LogP contribution >= 0.6 is 11.6 Å². The molecule has 4 heteroatoms. The lowest BCUT2D eigenvalue weighted by Gasteiger charge is -2.03. The molecule has 0 N–H and O–H groups in total. The van der Waals surface area contributed by atoms with Crippen molar-refractivity contribution in [1.82, 2.24) is 9.38 Å². The maximum absolute atomic E-state index is 10.8. The van der Waals surface area contributed by atoms with E-state index in [4.69, 9.17) is 11.6 Å². The molecule has 0 spiro atoms. The van der Waals surface area contributed by atoms with Crippen LogP contribution in [0.3, 0.4) is 0 Å². The fourth-order valence-electron chi connectivity index (χ4n) is 1.64. The minimum absolute atomic E-state index is 0.313. The van der Waals surface area contributed by atoms with Gasteiger partial charge in [0.25, 0.3) is 0 Å². The highest BCUT2D eigenvalue weighted by Crippen LogP contribution is 2.23. The molecule has 0 aromatic carbocycles. The van der Waals surface area contributed by atoms with E-state index in [9.17, 15) is 4.79 Å². The Morgan fingerprint density at radius 2 is 2.20 bits per heavy atom. The molecule has 0 saturated heterocycles. The first-order valence-corrected chi connectivity index (χ1v) is 5.13. The summed E-state index contributed by atoms with van der Waals surface area (Å²) in [4.78, 5) is 15.1. The first-order valence-electron chi connectivity index (χ1n) is 4.75. The van der Waals surface area contributed by atoms with Gasteiger partial charge in [0.15, 0.2) is 6.29 Å². The number of fused-ring (bicyclic) bond motifs is 1. The van der Waals surface area contributed by atoms with E-state index in [1.54, 1.807) is 16.8 Å². The summed E-state index contributed by atoms with van der Waals surface area (Å²) in [5.41, 5.74) is 2.39. The lowest BCUT2D eigenvalue weighted by molar-refractivity contribution is 0.111. The number of carbonyl (C=O) groups excluding carboxylic acids is 1. The predicted octanol–water partition coefficient (Wildman–Crippen LogP) is 2.92. The van der Waals surface area contributed by atoms with Crippen LogP contribution in [0, 0.1) is 0 Å². The molecule has 2 aromatic rings. The third-order valence-electron chi connectivity index (χ3n) is 2.34. The van der Waals surface area contributed by atoms with Gasteiger partial charge in [-0.25, -0.2) is 4.98 Å². The van der Waals surface area contributed by atoms with Crippen molar-refractivity contribution in [2.75, 3.05) is 0 Å². The van der Waals surface area contributed by atoms with E-state index >= 15 is 0 Å².